The van der Waals surface area contributed by atoms with Crippen LogP contribution in [-0.2, 0) is 19.6 Å². The number of amides is 2. The zero-order chi connectivity index (χ0) is 24.7. The molecule has 0 bridgehead atoms. The van der Waals surface area contributed by atoms with Crippen LogP contribution in [0.3, 0.4) is 0 Å². The molecule has 0 radical (unpaired) electrons. The summed E-state index contributed by atoms with van der Waals surface area (Å²) in [7, 11) is -3.59. The Labute approximate surface area is 207 Å². The fraction of sp³-hybridized carbons (Fsp3) is 0.440. The average Bonchev–Trinajstić information content (AvgIpc) is 3.21. The number of hydrogen-bond acceptors (Lipinski definition) is 4. The van der Waals surface area contributed by atoms with Crippen LogP contribution >= 0.6 is 11.6 Å². The first-order valence-corrected chi connectivity index (χ1v) is 13.5. The number of carbonyl (C=O) groups excluding carboxylic acids is 2. The number of halogens is 1. The van der Waals surface area contributed by atoms with E-state index >= 15 is 0 Å². The van der Waals surface area contributed by atoms with Crippen molar-refractivity contribution in [2.24, 2.45) is 5.92 Å². The summed E-state index contributed by atoms with van der Waals surface area (Å²) in [5.74, 6) is -0.888. The summed E-state index contributed by atoms with van der Waals surface area (Å²) in [6, 6.07) is 13.2. The predicted molar refractivity (Wildman–Crippen MR) is 136 cm³/mol. The molecule has 1 aliphatic rings. The molecule has 3 rings (SSSR count). The minimum absolute atomic E-state index is 0.116. The molecule has 1 atom stereocenters. The third kappa shape index (κ3) is 6.37. The van der Waals surface area contributed by atoms with E-state index in [2.05, 4.69) is 5.32 Å². The van der Waals surface area contributed by atoms with Gasteiger partial charge in [0.2, 0.25) is 21.8 Å². The normalized spacial score (nSPS) is 16.3. The summed E-state index contributed by atoms with van der Waals surface area (Å²) in [6.45, 7) is 5.35. The van der Waals surface area contributed by atoms with Gasteiger partial charge in [-0.25, -0.2) is 8.42 Å². The number of nitrogens with zero attached hydrogens (tertiary/aromatic N) is 2. The average molecular weight is 506 g/mol. The summed E-state index contributed by atoms with van der Waals surface area (Å²) in [6.07, 6.45) is 3.57. The van der Waals surface area contributed by atoms with Crippen molar-refractivity contribution < 1.29 is 18.0 Å². The third-order valence-electron chi connectivity index (χ3n) is 5.92. The fourth-order valence-electron chi connectivity index (χ4n) is 3.88. The minimum atomic E-state index is -3.59. The van der Waals surface area contributed by atoms with Crippen LogP contribution in [0.25, 0.3) is 0 Å². The topological polar surface area (TPSA) is 86.8 Å². The Hall–Kier alpha value is -2.42. The van der Waals surface area contributed by atoms with Crippen LogP contribution in [0.15, 0.2) is 53.4 Å². The van der Waals surface area contributed by atoms with Crippen molar-refractivity contribution in [3.63, 3.8) is 0 Å². The van der Waals surface area contributed by atoms with Crippen LogP contribution in [0.4, 0.5) is 11.4 Å². The molecule has 0 spiro atoms. The number of rotatable bonds is 11. The molecule has 1 N–H and O–H groups in total. The maximum absolute atomic E-state index is 13.1. The number of hydrogen-bond donors (Lipinski definition) is 1. The maximum Gasteiger partial charge on any atom is 0.243 e. The first-order valence-electron chi connectivity index (χ1n) is 11.7. The van der Waals surface area contributed by atoms with Crippen molar-refractivity contribution in [1.82, 2.24) is 4.31 Å². The van der Waals surface area contributed by atoms with Crippen LogP contribution in [0, 0.1) is 5.92 Å². The molecular formula is C25H32ClN3O4S. The van der Waals surface area contributed by atoms with Gasteiger partial charge in [-0.05, 0) is 61.4 Å². The molecule has 2 amide bonds. The molecule has 0 aromatic heterocycles. The van der Waals surface area contributed by atoms with E-state index in [-0.39, 0.29) is 29.7 Å². The zero-order valence-corrected chi connectivity index (χ0v) is 21.2. The Morgan fingerprint density at radius 1 is 1.03 bits per heavy atom. The smallest absolute Gasteiger partial charge is 0.243 e. The largest absolute Gasteiger partial charge is 0.326 e. The Bertz CT molecular complexity index is 1080. The van der Waals surface area contributed by atoms with Gasteiger partial charge in [-0.2, -0.15) is 4.31 Å². The Morgan fingerprint density at radius 3 is 2.18 bits per heavy atom. The molecule has 1 aliphatic heterocycles. The lowest BCUT2D eigenvalue weighted by molar-refractivity contribution is -0.122. The summed E-state index contributed by atoms with van der Waals surface area (Å²) in [5.41, 5.74) is 1.20. The summed E-state index contributed by atoms with van der Waals surface area (Å²) >= 11 is 5.92. The highest BCUT2D eigenvalue weighted by Crippen LogP contribution is 2.27. The van der Waals surface area contributed by atoms with Crippen molar-refractivity contribution in [3.05, 3.63) is 53.6 Å². The molecule has 0 saturated carbocycles. The molecule has 9 heteroatoms. The van der Waals surface area contributed by atoms with Crippen LogP contribution in [0.5, 0.6) is 0 Å². The van der Waals surface area contributed by atoms with Crippen LogP contribution in [0.2, 0.25) is 5.02 Å². The van der Waals surface area contributed by atoms with Crippen molar-refractivity contribution in [3.8, 4) is 0 Å². The lowest BCUT2D eigenvalue weighted by Gasteiger charge is -2.22. The van der Waals surface area contributed by atoms with E-state index in [1.165, 1.54) is 12.1 Å². The number of benzene rings is 2. The van der Waals surface area contributed by atoms with Crippen molar-refractivity contribution in [2.45, 2.75) is 50.8 Å². The van der Waals surface area contributed by atoms with Crippen LogP contribution in [0.1, 0.15) is 46.0 Å². The van der Waals surface area contributed by atoms with Gasteiger partial charge >= 0.3 is 0 Å². The lowest BCUT2D eigenvalue weighted by atomic mass is 10.1. The van der Waals surface area contributed by atoms with E-state index in [1.54, 1.807) is 45.6 Å². The van der Waals surface area contributed by atoms with Crippen LogP contribution < -0.4 is 10.2 Å². The second kappa shape index (κ2) is 11.8. The van der Waals surface area contributed by atoms with E-state index < -0.39 is 15.9 Å². The highest BCUT2D eigenvalue weighted by Gasteiger charge is 2.35. The third-order valence-corrected chi connectivity index (χ3v) is 8.08. The Balaban J connectivity index is 1.65. The zero-order valence-electron chi connectivity index (χ0n) is 19.7. The molecule has 1 heterocycles. The lowest BCUT2D eigenvalue weighted by Crippen LogP contribution is -2.33. The van der Waals surface area contributed by atoms with Crippen molar-refractivity contribution >= 4 is 44.8 Å². The second-order valence-electron chi connectivity index (χ2n) is 8.51. The Morgan fingerprint density at radius 2 is 1.62 bits per heavy atom. The SMILES string of the molecule is CCCCN(CCCC)S(=O)(=O)c1ccc(NC(=O)C2CC(=O)N(c3ccc(Cl)cc3)C2)cc1. The van der Waals surface area contributed by atoms with Gasteiger partial charge in [-0.15, -0.1) is 0 Å². The quantitative estimate of drug-likeness (QED) is 0.469. The maximum atomic E-state index is 13.1. The standard InChI is InChI=1S/C25H32ClN3O4S/c1-3-5-15-28(16-6-4-2)34(32,33)23-13-9-21(10-14-23)27-25(31)19-17-24(30)29(18-19)22-11-7-20(26)8-12-22/h7-14,19H,3-6,15-18H2,1-2H3,(H,27,31). The minimum Gasteiger partial charge on any atom is -0.326 e. The molecule has 1 unspecified atom stereocenters. The van der Waals surface area contributed by atoms with Gasteiger partial charge in [0.15, 0.2) is 0 Å². The highest BCUT2D eigenvalue weighted by molar-refractivity contribution is 7.89. The van der Waals surface area contributed by atoms with E-state index in [1.807, 2.05) is 13.8 Å². The van der Waals surface area contributed by atoms with Gasteiger partial charge < -0.3 is 10.2 Å². The first kappa shape index (κ1) is 26.2. The van der Waals surface area contributed by atoms with Crippen molar-refractivity contribution in [2.75, 3.05) is 29.9 Å². The molecule has 7 nitrogen and oxygen atoms in total. The predicted octanol–water partition coefficient (Wildman–Crippen LogP) is 4.92. The number of carbonyl (C=O) groups is 2. The van der Waals surface area contributed by atoms with E-state index in [0.29, 0.717) is 29.5 Å². The summed E-state index contributed by atoms with van der Waals surface area (Å²) in [5, 5.41) is 3.39. The molecular weight excluding hydrogens is 474 g/mol. The first-order chi connectivity index (χ1) is 16.3. The van der Waals surface area contributed by atoms with Crippen LogP contribution in [-0.4, -0.2) is 44.2 Å². The number of sulfonamides is 1. The van der Waals surface area contributed by atoms with E-state index in [9.17, 15) is 18.0 Å². The van der Waals surface area contributed by atoms with Crippen molar-refractivity contribution in [1.29, 1.82) is 0 Å². The van der Waals surface area contributed by atoms with E-state index in [4.69, 9.17) is 11.6 Å². The van der Waals surface area contributed by atoms with Gasteiger partial charge in [0.1, 0.15) is 0 Å². The fourth-order valence-corrected chi connectivity index (χ4v) is 5.52. The van der Waals surface area contributed by atoms with E-state index in [0.717, 1.165) is 25.7 Å². The summed E-state index contributed by atoms with van der Waals surface area (Å²) in [4.78, 5) is 27.0. The molecule has 1 saturated heterocycles. The molecule has 34 heavy (non-hydrogen) atoms. The Kier molecular flexibility index (Phi) is 9.10. The molecule has 2 aromatic carbocycles. The highest BCUT2D eigenvalue weighted by atomic mass is 35.5. The van der Waals surface area contributed by atoms with Gasteiger partial charge in [0, 0.05) is 42.5 Å². The number of nitrogens with one attached hydrogen (secondary N) is 1. The summed E-state index contributed by atoms with van der Waals surface area (Å²) < 4.78 is 27.7. The number of unbranched alkanes of at least 4 members (excludes halogenated alkanes) is 2. The monoisotopic (exact) mass is 505 g/mol. The van der Waals surface area contributed by atoms with Gasteiger partial charge in [-0.3, -0.25) is 9.59 Å². The number of anilines is 2. The van der Waals surface area contributed by atoms with Gasteiger partial charge in [0.25, 0.3) is 0 Å². The second-order valence-corrected chi connectivity index (χ2v) is 10.9. The molecule has 0 aliphatic carbocycles. The van der Waals surface area contributed by atoms with Gasteiger partial charge in [0.05, 0.1) is 10.8 Å². The molecule has 184 valence electrons. The molecule has 1 fully saturated rings. The molecule has 2 aromatic rings. The van der Waals surface area contributed by atoms with Gasteiger partial charge in [-0.1, -0.05) is 38.3 Å².